The van der Waals surface area contributed by atoms with Gasteiger partial charge >= 0.3 is 6.18 Å². The van der Waals surface area contributed by atoms with Crippen molar-refractivity contribution in [3.05, 3.63) is 41.4 Å². The largest absolute Gasteiger partial charge is 0.405 e. The standard InChI is InChI=1S/C15H9F5N6/c1-7-2-10(17)8(3-9(7)16)12-11(4-21)25-14-23-6-24-26(14)13(12)22-5-15(18,19)20/h2-3,6,22H,5H2,1H3. The summed E-state index contributed by atoms with van der Waals surface area (Å²) < 4.78 is 67.2. The first-order valence-electron chi connectivity index (χ1n) is 7.11. The molecule has 0 fully saturated rings. The molecule has 0 aliphatic carbocycles. The number of alkyl halides is 3. The summed E-state index contributed by atoms with van der Waals surface area (Å²) in [5.41, 5.74) is -1.17. The molecule has 1 N–H and O–H groups in total. The van der Waals surface area contributed by atoms with Gasteiger partial charge < -0.3 is 5.32 Å². The highest BCUT2D eigenvalue weighted by Gasteiger charge is 2.29. The SMILES string of the molecule is Cc1cc(F)c(-c2c(C#N)nc3ncnn3c2NCC(F)(F)F)cc1F. The third-order valence-corrected chi connectivity index (χ3v) is 3.51. The summed E-state index contributed by atoms with van der Waals surface area (Å²) in [5.74, 6) is -2.24. The minimum Gasteiger partial charge on any atom is -0.360 e. The van der Waals surface area contributed by atoms with Gasteiger partial charge in [-0.05, 0) is 24.6 Å². The van der Waals surface area contributed by atoms with Crippen LogP contribution in [0.15, 0.2) is 18.5 Å². The molecule has 0 atom stereocenters. The Morgan fingerprint density at radius 1 is 1.23 bits per heavy atom. The number of halogens is 5. The molecule has 0 saturated heterocycles. The van der Waals surface area contributed by atoms with Crippen molar-refractivity contribution in [2.24, 2.45) is 0 Å². The lowest BCUT2D eigenvalue weighted by atomic mass is 10.0. The van der Waals surface area contributed by atoms with Gasteiger partial charge in [0.1, 0.15) is 36.4 Å². The molecule has 11 heteroatoms. The molecule has 26 heavy (non-hydrogen) atoms. The number of hydrogen-bond donors (Lipinski definition) is 1. The number of anilines is 1. The predicted octanol–water partition coefficient (Wildman–Crippen LogP) is 3.22. The van der Waals surface area contributed by atoms with Crippen molar-refractivity contribution >= 4 is 11.6 Å². The van der Waals surface area contributed by atoms with E-state index < -0.39 is 35.6 Å². The first-order valence-corrected chi connectivity index (χ1v) is 7.11. The van der Waals surface area contributed by atoms with E-state index in [4.69, 9.17) is 0 Å². The molecule has 134 valence electrons. The minimum absolute atomic E-state index is 0.00403. The second-order valence-corrected chi connectivity index (χ2v) is 5.32. The Morgan fingerprint density at radius 2 is 1.96 bits per heavy atom. The van der Waals surface area contributed by atoms with Crippen LogP contribution in [0.25, 0.3) is 16.9 Å². The predicted molar refractivity (Wildman–Crippen MR) is 80.1 cm³/mol. The Labute approximate surface area is 142 Å². The zero-order valence-corrected chi connectivity index (χ0v) is 13.1. The van der Waals surface area contributed by atoms with Crippen molar-refractivity contribution in [3.63, 3.8) is 0 Å². The van der Waals surface area contributed by atoms with Gasteiger partial charge in [0.15, 0.2) is 5.69 Å². The molecule has 0 spiro atoms. The zero-order valence-electron chi connectivity index (χ0n) is 13.1. The fraction of sp³-hybridized carbons (Fsp3) is 0.200. The van der Waals surface area contributed by atoms with Crippen molar-refractivity contribution < 1.29 is 22.0 Å². The molecular weight excluding hydrogens is 359 g/mol. The summed E-state index contributed by atoms with van der Waals surface area (Å²) >= 11 is 0. The average molecular weight is 368 g/mol. The van der Waals surface area contributed by atoms with Gasteiger partial charge in [0.2, 0.25) is 0 Å². The molecule has 0 unspecified atom stereocenters. The van der Waals surface area contributed by atoms with E-state index in [1.807, 2.05) is 0 Å². The number of nitrogens with zero attached hydrogens (tertiary/aromatic N) is 5. The maximum atomic E-state index is 14.4. The maximum absolute atomic E-state index is 14.4. The van der Waals surface area contributed by atoms with E-state index in [0.717, 1.165) is 23.0 Å². The van der Waals surface area contributed by atoms with Crippen LogP contribution in [0.5, 0.6) is 0 Å². The lowest BCUT2D eigenvalue weighted by molar-refractivity contribution is -0.115. The van der Waals surface area contributed by atoms with Crippen molar-refractivity contribution in [2.45, 2.75) is 13.1 Å². The summed E-state index contributed by atoms with van der Waals surface area (Å²) in [6.07, 6.45) is -3.59. The molecule has 6 nitrogen and oxygen atoms in total. The molecule has 0 bridgehead atoms. The monoisotopic (exact) mass is 368 g/mol. The number of rotatable bonds is 3. The van der Waals surface area contributed by atoms with Gasteiger partial charge in [-0.1, -0.05) is 0 Å². The molecule has 1 aromatic carbocycles. The lowest BCUT2D eigenvalue weighted by Gasteiger charge is -2.16. The van der Waals surface area contributed by atoms with Crippen LogP contribution < -0.4 is 5.32 Å². The van der Waals surface area contributed by atoms with Crippen molar-refractivity contribution in [1.82, 2.24) is 19.6 Å². The lowest BCUT2D eigenvalue weighted by Crippen LogP contribution is -2.23. The zero-order chi connectivity index (χ0) is 19.1. The van der Waals surface area contributed by atoms with Crippen LogP contribution >= 0.6 is 0 Å². The summed E-state index contributed by atoms with van der Waals surface area (Å²) in [5, 5.41) is 15.1. The highest BCUT2D eigenvalue weighted by molar-refractivity contribution is 5.81. The molecule has 0 amide bonds. The van der Waals surface area contributed by atoms with Gasteiger partial charge in [0, 0.05) is 5.56 Å². The highest BCUT2D eigenvalue weighted by Crippen LogP contribution is 2.34. The van der Waals surface area contributed by atoms with E-state index in [0.29, 0.717) is 0 Å². The normalized spacial score (nSPS) is 11.6. The Balaban J connectivity index is 2.32. The third-order valence-electron chi connectivity index (χ3n) is 3.51. The van der Waals surface area contributed by atoms with Gasteiger partial charge in [-0.3, -0.25) is 0 Å². The number of hydrogen-bond acceptors (Lipinski definition) is 5. The second kappa shape index (κ2) is 6.21. The van der Waals surface area contributed by atoms with Crippen LogP contribution in [0, 0.1) is 29.9 Å². The first-order chi connectivity index (χ1) is 12.2. The summed E-state index contributed by atoms with van der Waals surface area (Å²) in [4.78, 5) is 7.57. The molecule has 0 radical (unpaired) electrons. The fourth-order valence-corrected chi connectivity index (χ4v) is 2.36. The van der Waals surface area contributed by atoms with E-state index in [1.54, 1.807) is 6.07 Å². The smallest absolute Gasteiger partial charge is 0.360 e. The quantitative estimate of drug-likeness (QED) is 0.718. The van der Waals surface area contributed by atoms with E-state index in [-0.39, 0.29) is 22.7 Å². The molecule has 3 aromatic rings. The van der Waals surface area contributed by atoms with Crippen LogP contribution in [0.3, 0.4) is 0 Å². The van der Waals surface area contributed by atoms with E-state index in [2.05, 4.69) is 20.4 Å². The number of aryl methyl sites for hydroxylation is 1. The van der Waals surface area contributed by atoms with Crippen molar-refractivity contribution in [2.75, 3.05) is 11.9 Å². The molecule has 2 heterocycles. The highest BCUT2D eigenvalue weighted by atomic mass is 19.4. The molecule has 2 aromatic heterocycles. The fourth-order valence-electron chi connectivity index (χ4n) is 2.36. The molecular formula is C15H9F5N6. The molecule has 0 saturated carbocycles. The Kier molecular flexibility index (Phi) is 4.19. The summed E-state index contributed by atoms with van der Waals surface area (Å²) in [6, 6.07) is 3.35. The maximum Gasteiger partial charge on any atom is 0.405 e. The summed E-state index contributed by atoms with van der Waals surface area (Å²) in [6.45, 7) is -0.158. The number of nitriles is 1. The Hall–Kier alpha value is -3.29. The molecule has 3 rings (SSSR count). The van der Waals surface area contributed by atoms with Crippen LogP contribution in [0.1, 0.15) is 11.3 Å². The van der Waals surface area contributed by atoms with Gasteiger partial charge in [-0.25, -0.2) is 8.78 Å². The molecule has 0 aliphatic rings. The second-order valence-electron chi connectivity index (χ2n) is 5.32. The first kappa shape index (κ1) is 17.5. The van der Waals surface area contributed by atoms with E-state index >= 15 is 0 Å². The average Bonchev–Trinajstić information content (AvgIpc) is 3.02. The Bertz CT molecular complexity index is 1030. The van der Waals surface area contributed by atoms with Gasteiger partial charge in [0.25, 0.3) is 5.78 Å². The number of nitrogens with one attached hydrogen (secondary N) is 1. The van der Waals surface area contributed by atoms with Crippen LogP contribution in [0.4, 0.5) is 27.8 Å². The van der Waals surface area contributed by atoms with Crippen LogP contribution in [-0.2, 0) is 0 Å². The van der Waals surface area contributed by atoms with E-state index in [1.165, 1.54) is 6.92 Å². The van der Waals surface area contributed by atoms with Crippen molar-refractivity contribution in [3.8, 4) is 17.2 Å². The van der Waals surface area contributed by atoms with Gasteiger partial charge in [-0.15, -0.1) is 0 Å². The van der Waals surface area contributed by atoms with Crippen LogP contribution in [0.2, 0.25) is 0 Å². The third kappa shape index (κ3) is 3.13. The number of fused-ring (bicyclic) bond motifs is 1. The Morgan fingerprint density at radius 3 is 2.62 bits per heavy atom. The minimum atomic E-state index is -4.60. The molecule has 0 aliphatic heterocycles. The summed E-state index contributed by atoms with van der Waals surface area (Å²) in [7, 11) is 0. The van der Waals surface area contributed by atoms with Gasteiger partial charge in [0.05, 0.1) is 5.56 Å². The topological polar surface area (TPSA) is 78.9 Å². The number of aromatic nitrogens is 4. The van der Waals surface area contributed by atoms with Crippen LogP contribution in [-0.4, -0.2) is 32.3 Å². The van der Waals surface area contributed by atoms with Crippen molar-refractivity contribution in [1.29, 1.82) is 5.26 Å². The van der Waals surface area contributed by atoms with E-state index in [9.17, 15) is 27.2 Å². The van der Waals surface area contributed by atoms with Gasteiger partial charge in [-0.2, -0.15) is 38.0 Å². The number of benzene rings is 1.